The first-order valence-electron chi connectivity index (χ1n) is 9.74. The first kappa shape index (κ1) is 18.2. The maximum absolute atomic E-state index is 13.5. The predicted molar refractivity (Wildman–Crippen MR) is 115 cm³/mol. The van der Waals surface area contributed by atoms with E-state index in [2.05, 4.69) is 0 Å². The fraction of sp³-hybridized carbons (Fsp3) is 0.167. The van der Waals surface area contributed by atoms with Crippen molar-refractivity contribution in [1.29, 1.82) is 0 Å². The molecular weight excluding hydrogens is 380 g/mol. The number of hydrogen-bond acceptors (Lipinski definition) is 4. The maximum Gasteiger partial charge on any atom is 0.336 e. The number of aryl methyl sites for hydroxylation is 2. The van der Waals surface area contributed by atoms with Crippen LogP contribution in [0.3, 0.4) is 0 Å². The molecular formula is C24H20N2O4. The minimum Gasteiger partial charge on any atom is -0.454 e. The molecule has 0 fully saturated rings. The third-order valence-electron chi connectivity index (χ3n) is 5.58. The van der Waals surface area contributed by atoms with E-state index >= 15 is 0 Å². The van der Waals surface area contributed by atoms with Gasteiger partial charge < -0.3 is 9.47 Å². The highest BCUT2D eigenvalue weighted by atomic mass is 16.7. The van der Waals surface area contributed by atoms with Crippen molar-refractivity contribution in [1.82, 2.24) is 9.13 Å². The van der Waals surface area contributed by atoms with Gasteiger partial charge in [0.2, 0.25) is 6.79 Å². The van der Waals surface area contributed by atoms with E-state index in [1.54, 1.807) is 16.7 Å². The zero-order valence-corrected chi connectivity index (χ0v) is 16.7. The van der Waals surface area contributed by atoms with Crippen LogP contribution in [0.1, 0.15) is 16.7 Å². The lowest BCUT2D eigenvalue weighted by Gasteiger charge is -2.15. The van der Waals surface area contributed by atoms with Crippen LogP contribution in [0.2, 0.25) is 0 Å². The van der Waals surface area contributed by atoms with Crippen molar-refractivity contribution in [3.63, 3.8) is 0 Å². The van der Waals surface area contributed by atoms with E-state index in [4.69, 9.17) is 9.47 Å². The quantitative estimate of drug-likeness (QED) is 0.528. The summed E-state index contributed by atoms with van der Waals surface area (Å²) in [7, 11) is 0. The van der Waals surface area contributed by atoms with Crippen LogP contribution >= 0.6 is 0 Å². The summed E-state index contributed by atoms with van der Waals surface area (Å²) >= 11 is 0. The molecule has 6 nitrogen and oxygen atoms in total. The minimum atomic E-state index is -0.375. The molecule has 1 aliphatic rings. The zero-order chi connectivity index (χ0) is 20.8. The molecule has 30 heavy (non-hydrogen) atoms. The number of fused-ring (bicyclic) bond motifs is 2. The molecule has 0 bridgehead atoms. The van der Waals surface area contributed by atoms with Gasteiger partial charge in [-0.1, -0.05) is 24.3 Å². The van der Waals surface area contributed by atoms with Crippen molar-refractivity contribution in [2.24, 2.45) is 0 Å². The highest BCUT2D eigenvalue weighted by Crippen LogP contribution is 2.32. The van der Waals surface area contributed by atoms with Gasteiger partial charge in [0.05, 0.1) is 23.1 Å². The summed E-state index contributed by atoms with van der Waals surface area (Å²) < 4.78 is 13.7. The van der Waals surface area contributed by atoms with Crippen LogP contribution in [0.25, 0.3) is 16.6 Å². The third-order valence-corrected chi connectivity index (χ3v) is 5.58. The number of benzene rings is 3. The summed E-state index contributed by atoms with van der Waals surface area (Å²) in [6.45, 7) is 4.47. The molecule has 2 heterocycles. The molecule has 3 aromatic carbocycles. The Morgan fingerprint density at radius 3 is 2.50 bits per heavy atom. The fourth-order valence-corrected chi connectivity index (χ4v) is 3.79. The highest BCUT2D eigenvalue weighted by molar-refractivity contribution is 5.78. The Labute approximate surface area is 172 Å². The normalized spacial score (nSPS) is 12.5. The van der Waals surface area contributed by atoms with Crippen molar-refractivity contribution in [2.45, 2.75) is 20.4 Å². The van der Waals surface area contributed by atoms with E-state index < -0.39 is 0 Å². The first-order chi connectivity index (χ1) is 14.5. The second-order valence-electron chi connectivity index (χ2n) is 7.48. The molecule has 0 N–H and O–H groups in total. The molecule has 4 aromatic rings. The predicted octanol–water partition coefficient (Wildman–Crippen LogP) is 3.55. The summed E-state index contributed by atoms with van der Waals surface area (Å²) in [6, 6.07) is 18.4. The number of para-hydroxylation sites is 1. The van der Waals surface area contributed by atoms with E-state index in [1.807, 2.05) is 62.4 Å². The highest BCUT2D eigenvalue weighted by Gasteiger charge is 2.17. The molecule has 0 atom stereocenters. The Bertz CT molecular complexity index is 1420. The molecule has 0 unspecified atom stereocenters. The van der Waals surface area contributed by atoms with Crippen LogP contribution in [0, 0.1) is 13.8 Å². The van der Waals surface area contributed by atoms with Gasteiger partial charge in [-0.15, -0.1) is 0 Å². The van der Waals surface area contributed by atoms with Gasteiger partial charge in [-0.05, 0) is 66.9 Å². The lowest BCUT2D eigenvalue weighted by atomic mass is 10.1. The second-order valence-corrected chi connectivity index (χ2v) is 7.48. The Hall–Kier alpha value is -3.80. The van der Waals surface area contributed by atoms with E-state index in [0.717, 1.165) is 16.7 Å². The third kappa shape index (κ3) is 2.88. The maximum atomic E-state index is 13.5. The van der Waals surface area contributed by atoms with Crippen molar-refractivity contribution >= 4 is 10.9 Å². The molecule has 0 aliphatic carbocycles. The Morgan fingerprint density at radius 1 is 0.867 bits per heavy atom. The Kier molecular flexibility index (Phi) is 4.20. The van der Waals surface area contributed by atoms with Gasteiger partial charge in [0.1, 0.15) is 0 Å². The minimum absolute atomic E-state index is 0.194. The van der Waals surface area contributed by atoms with Crippen molar-refractivity contribution in [3.8, 4) is 17.2 Å². The molecule has 1 aromatic heterocycles. The number of ether oxygens (including phenoxy) is 2. The van der Waals surface area contributed by atoms with Crippen LogP contribution in [0.15, 0.2) is 70.3 Å². The first-order valence-corrected chi connectivity index (χ1v) is 9.74. The van der Waals surface area contributed by atoms with Crippen LogP contribution in [-0.4, -0.2) is 15.9 Å². The monoisotopic (exact) mass is 400 g/mol. The molecule has 0 radical (unpaired) electrons. The van der Waals surface area contributed by atoms with Crippen LogP contribution in [0.4, 0.5) is 0 Å². The van der Waals surface area contributed by atoms with E-state index in [-0.39, 0.29) is 18.0 Å². The van der Waals surface area contributed by atoms with Gasteiger partial charge in [-0.3, -0.25) is 9.36 Å². The molecule has 0 spiro atoms. The molecule has 150 valence electrons. The van der Waals surface area contributed by atoms with Gasteiger partial charge in [0.15, 0.2) is 11.5 Å². The molecule has 0 saturated heterocycles. The van der Waals surface area contributed by atoms with E-state index in [0.29, 0.717) is 34.6 Å². The average molecular weight is 400 g/mol. The van der Waals surface area contributed by atoms with Crippen LogP contribution in [0.5, 0.6) is 11.5 Å². The summed E-state index contributed by atoms with van der Waals surface area (Å²) in [6.07, 6.45) is 0. The van der Waals surface area contributed by atoms with Gasteiger partial charge in [0.25, 0.3) is 5.56 Å². The number of nitrogens with zero attached hydrogens (tertiary/aromatic N) is 2. The summed E-state index contributed by atoms with van der Waals surface area (Å²) in [5.74, 6) is 1.35. The van der Waals surface area contributed by atoms with Gasteiger partial charge >= 0.3 is 5.69 Å². The van der Waals surface area contributed by atoms with Gasteiger partial charge in [0, 0.05) is 0 Å². The van der Waals surface area contributed by atoms with Gasteiger partial charge in [-0.2, -0.15) is 0 Å². The number of rotatable bonds is 3. The summed E-state index contributed by atoms with van der Waals surface area (Å²) in [5.41, 5.74) is 3.49. The molecule has 1 aliphatic heterocycles. The fourth-order valence-electron chi connectivity index (χ4n) is 3.79. The number of hydrogen-bond donors (Lipinski definition) is 0. The van der Waals surface area contributed by atoms with Crippen molar-refractivity contribution in [2.75, 3.05) is 6.79 Å². The van der Waals surface area contributed by atoms with E-state index in [1.165, 1.54) is 4.57 Å². The zero-order valence-electron chi connectivity index (χ0n) is 16.7. The van der Waals surface area contributed by atoms with Crippen LogP contribution in [-0.2, 0) is 6.54 Å². The molecule has 6 heteroatoms. The summed E-state index contributed by atoms with van der Waals surface area (Å²) in [5, 5.41) is 0.496. The topological polar surface area (TPSA) is 62.5 Å². The lowest BCUT2D eigenvalue weighted by Crippen LogP contribution is -2.39. The van der Waals surface area contributed by atoms with E-state index in [9.17, 15) is 9.59 Å². The molecule has 0 saturated carbocycles. The standard InChI is InChI=1S/C24H20N2O4/c1-15-7-9-18(11-16(15)2)26-23(27)19-5-3-4-6-20(19)25(24(26)28)13-17-8-10-21-22(12-17)30-14-29-21/h3-12H,13-14H2,1-2H3. The summed E-state index contributed by atoms with van der Waals surface area (Å²) in [4.78, 5) is 26.7. The second kappa shape index (κ2) is 6.91. The SMILES string of the molecule is Cc1ccc(-n2c(=O)c3ccccc3n(Cc3ccc4c(c3)OCO4)c2=O)cc1C. The van der Waals surface area contributed by atoms with Crippen molar-refractivity contribution in [3.05, 3.63) is 98.2 Å². The Balaban J connectivity index is 1.74. The average Bonchev–Trinajstić information content (AvgIpc) is 3.22. The lowest BCUT2D eigenvalue weighted by molar-refractivity contribution is 0.174. The van der Waals surface area contributed by atoms with Gasteiger partial charge in [-0.25, -0.2) is 9.36 Å². The smallest absolute Gasteiger partial charge is 0.336 e. The Morgan fingerprint density at radius 2 is 1.67 bits per heavy atom. The molecule has 5 rings (SSSR count). The van der Waals surface area contributed by atoms with Crippen LogP contribution < -0.4 is 20.7 Å². The largest absolute Gasteiger partial charge is 0.454 e. The molecule has 0 amide bonds. The number of aromatic nitrogens is 2. The van der Waals surface area contributed by atoms with Crippen molar-refractivity contribution < 1.29 is 9.47 Å².